The normalized spacial score (nSPS) is 21.4. The summed E-state index contributed by atoms with van der Waals surface area (Å²) < 4.78 is 3.31. The maximum atomic E-state index is 4.55. The maximum Gasteiger partial charge on any atom is 0.113 e. The molecule has 0 aliphatic carbocycles. The summed E-state index contributed by atoms with van der Waals surface area (Å²) in [5.74, 6) is 1.95. The van der Waals surface area contributed by atoms with Crippen molar-refractivity contribution < 1.29 is 0 Å². The highest BCUT2D eigenvalue weighted by Crippen LogP contribution is 2.21. The minimum Gasteiger partial charge on any atom is -0.306 e. The first kappa shape index (κ1) is 11.2. The predicted octanol–water partition coefficient (Wildman–Crippen LogP) is 2.59. The molecule has 17 heavy (non-hydrogen) atoms. The standard InChI is InChI=1S/C13H16BrN3/c1-16-4-2-10(9-16)6-13-15-8-12-7-11(14)3-5-17(12)13/h3,5,7-8,10H,2,4,6,9H2,1H3. The molecule has 3 heterocycles. The molecular formula is C13H16BrN3. The van der Waals surface area contributed by atoms with E-state index in [2.05, 4.69) is 55.6 Å². The van der Waals surface area contributed by atoms with Crippen LogP contribution in [0.25, 0.3) is 5.52 Å². The number of pyridine rings is 1. The summed E-state index contributed by atoms with van der Waals surface area (Å²) in [5.41, 5.74) is 1.17. The second-order valence-corrected chi connectivity index (χ2v) is 5.85. The van der Waals surface area contributed by atoms with Crippen LogP contribution in [0.2, 0.25) is 0 Å². The van der Waals surface area contributed by atoms with Gasteiger partial charge in [-0.3, -0.25) is 0 Å². The number of aromatic nitrogens is 2. The number of nitrogens with zero attached hydrogens (tertiary/aromatic N) is 3. The van der Waals surface area contributed by atoms with Crippen LogP contribution in [0.3, 0.4) is 0 Å². The van der Waals surface area contributed by atoms with Crippen LogP contribution in [0.1, 0.15) is 12.2 Å². The molecule has 90 valence electrons. The van der Waals surface area contributed by atoms with E-state index in [0.29, 0.717) is 0 Å². The lowest BCUT2D eigenvalue weighted by atomic mass is 10.0. The Morgan fingerprint density at radius 2 is 2.41 bits per heavy atom. The maximum absolute atomic E-state index is 4.55. The highest BCUT2D eigenvalue weighted by atomic mass is 79.9. The Morgan fingerprint density at radius 1 is 1.53 bits per heavy atom. The summed E-state index contributed by atoms with van der Waals surface area (Å²) in [7, 11) is 2.20. The molecule has 0 saturated carbocycles. The van der Waals surface area contributed by atoms with Crippen LogP contribution in [0.5, 0.6) is 0 Å². The van der Waals surface area contributed by atoms with Gasteiger partial charge in [0.15, 0.2) is 0 Å². The average molecular weight is 294 g/mol. The van der Waals surface area contributed by atoms with Crippen LogP contribution in [-0.4, -0.2) is 34.4 Å². The third kappa shape index (κ3) is 2.24. The molecule has 2 aromatic rings. The molecule has 4 heteroatoms. The van der Waals surface area contributed by atoms with Gasteiger partial charge < -0.3 is 9.30 Å². The first-order chi connectivity index (χ1) is 8.22. The molecule has 1 saturated heterocycles. The van der Waals surface area contributed by atoms with Crippen LogP contribution in [-0.2, 0) is 6.42 Å². The van der Waals surface area contributed by atoms with Crippen molar-refractivity contribution >= 4 is 21.4 Å². The summed E-state index contributed by atoms with van der Waals surface area (Å²) >= 11 is 3.49. The monoisotopic (exact) mass is 293 g/mol. The minimum atomic E-state index is 0.759. The molecule has 1 aliphatic rings. The fourth-order valence-electron chi connectivity index (χ4n) is 2.63. The van der Waals surface area contributed by atoms with E-state index >= 15 is 0 Å². The molecule has 0 bridgehead atoms. The van der Waals surface area contributed by atoms with Gasteiger partial charge in [0, 0.05) is 23.6 Å². The lowest BCUT2D eigenvalue weighted by Crippen LogP contribution is -2.15. The summed E-state index contributed by atoms with van der Waals surface area (Å²) in [4.78, 5) is 6.95. The van der Waals surface area contributed by atoms with Crippen molar-refractivity contribution in [2.75, 3.05) is 20.1 Å². The minimum absolute atomic E-state index is 0.759. The zero-order valence-corrected chi connectivity index (χ0v) is 11.5. The average Bonchev–Trinajstić information content (AvgIpc) is 2.86. The van der Waals surface area contributed by atoms with Crippen molar-refractivity contribution in [1.29, 1.82) is 0 Å². The van der Waals surface area contributed by atoms with Crippen molar-refractivity contribution in [3.8, 4) is 0 Å². The molecule has 1 aliphatic heterocycles. The van der Waals surface area contributed by atoms with Crippen molar-refractivity contribution in [2.45, 2.75) is 12.8 Å². The molecule has 0 amide bonds. The molecule has 1 atom stereocenters. The van der Waals surface area contributed by atoms with Gasteiger partial charge in [-0.15, -0.1) is 0 Å². The van der Waals surface area contributed by atoms with Gasteiger partial charge in [-0.25, -0.2) is 4.98 Å². The Kier molecular flexibility index (Phi) is 2.92. The summed E-state index contributed by atoms with van der Waals surface area (Å²) in [6.07, 6.45) is 6.43. The van der Waals surface area contributed by atoms with Crippen molar-refractivity contribution in [3.63, 3.8) is 0 Å². The lowest BCUT2D eigenvalue weighted by Gasteiger charge is -2.09. The van der Waals surface area contributed by atoms with Crippen molar-refractivity contribution in [3.05, 3.63) is 34.8 Å². The Labute approximate surface area is 110 Å². The fraction of sp³-hybridized carbons (Fsp3) is 0.462. The van der Waals surface area contributed by atoms with Gasteiger partial charge in [0.2, 0.25) is 0 Å². The Bertz CT molecular complexity index is 534. The van der Waals surface area contributed by atoms with Gasteiger partial charge in [-0.05, 0) is 38.1 Å². The van der Waals surface area contributed by atoms with E-state index in [0.717, 1.165) is 16.8 Å². The highest BCUT2D eigenvalue weighted by Gasteiger charge is 2.21. The fourth-order valence-corrected chi connectivity index (χ4v) is 2.98. The Hall–Kier alpha value is -0.870. The Morgan fingerprint density at radius 3 is 3.18 bits per heavy atom. The number of rotatable bonds is 2. The van der Waals surface area contributed by atoms with Crippen molar-refractivity contribution in [2.24, 2.45) is 5.92 Å². The number of imidazole rings is 1. The number of hydrogen-bond acceptors (Lipinski definition) is 2. The number of likely N-dealkylation sites (tertiary alicyclic amines) is 1. The second-order valence-electron chi connectivity index (χ2n) is 4.94. The van der Waals surface area contributed by atoms with Crippen LogP contribution < -0.4 is 0 Å². The first-order valence-electron chi connectivity index (χ1n) is 6.02. The van der Waals surface area contributed by atoms with Crippen molar-refractivity contribution in [1.82, 2.24) is 14.3 Å². The molecule has 0 spiro atoms. The van der Waals surface area contributed by atoms with E-state index in [1.807, 2.05) is 6.20 Å². The van der Waals surface area contributed by atoms with Gasteiger partial charge >= 0.3 is 0 Å². The van der Waals surface area contributed by atoms with Crippen LogP contribution in [0.15, 0.2) is 29.0 Å². The number of hydrogen-bond donors (Lipinski definition) is 0. The number of halogens is 1. The van der Waals surface area contributed by atoms with E-state index in [-0.39, 0.29) is 0 Å². The van der Waals surface area contributed by atoms with Gasteiger partial charge in [0.05, 0.1) is 11.7 Å². The quantitative estimate of drug-likeness (QED) is 0.848. The van der Waals surface area contributed by atoms with Gasteiger partial charge in [0.25, 0.3) is 0 Å². The third-order valence-corrected chi connectivity index (χ3v) is 4.02. The van der Waals surface area contributed by atoms with E-state index in [1.54, 1.807) is 0 Å². The molecule has 0 radical (unpaired) electrons. The summed E-state index contributed by atoms with van der Waals surface area (Å²) in [6.45, 7) is 2.42. The molecule has 3 nitrogen and oxygen atoms in total. The van der Waals surface area contributed by atoms with E-state index in [4.69, 9.17) is 0 Å². The van der Waals surface area contributed by atoms with E-state index in [1.165, 1.54) is 30.9 Å². The molecular weight excluding hydrogens is 278 g/mol. The lowest BCUT2D eigenvalue weighted by molar-refractivity contribution is 0.392. The van der Waals surface area contributed by atoms with Crippen LogP contribution >= 0.6 is 15.9 Å². The molecule has 3 rings (SSSR count). The SMILES string of the molecule is CN1CCC(Cc2ncc3cc(Br)ccn23)C1. The molecule has 2 aromatic heterocycles. The summed E-state index contributed by atoms with van der Waals surface area (Å²) in [5, 5.41) is 0. The highest BCUT2D eigenvalue weighted by molar-refractivity contribution is 9.10. The Balaban J connectivity index is 1.85. The molecule has 1 fully saturated rings. The van der Waals surface area contributed by atoms with Crippen LogP contribution in [0.4, 0.5) is 0 Å². The predicted molar refractivity (Wildman–Crippen MR) is 72.2 cm³/mol. The third-order valence-electron chi connectivity index (χ3n) is 3.53. The van der Waals surface area contributed by atoms with Gasteiger partial charge in [-0.1, -0.05) is 15.9 Å². The number of fused-ring (bicyclic) bond motifs is 1. The van der Waals surface area contributed by atoms with Crippen LogP contribution in [0, 0.1) is 5.92 Å². The largest absolute Gasteiger partial charge is 0.306 e. The van der Waals surface area contributed by atoms with E-state index < -0.39 is 0 Å². The first-order valence-corrected chi connectivity index (χ1v) is 6.82. The molecule has 1 unspecified atom stereocenters. The zero-order chi connectivity index (χ0) is 11.8. The second kappa shape index (κ2) is 4.42. The zero-order valence-electron chi connectivity index (χ0n) is 9.93. The smallest absolute Gasteiger partial charge is 0.113 e. The van der Waals surface area contributed by atoms with E-state index in [9.17, 15) is 0 Å². The van der Waals surface area contributed by atoms with Gasteiger partial charge in [0.1, 0.15) is 5.82 Å². The molecule has 0 N–H and O–H groups in total. The van der Waals surface area contributed by atoms with Gasteiger partial charge in [-0.2, -0.15) is 0 Å². The summed E-state index contributed by atoms with van der Waals surface area (Å²) in [6, 6.07) is 4.18. The molecule has 0 aromatic carbocycles. The topological polar surface area (TPSA) is 20.5 Å².